The van der Waals surface area contributed by atoms with Crippen LogP contribution >= 0.6 is 0 Å². The van der Waals surface area contributed by atoms with Crippen LogP contribution in [0.3, 0.4) is 0 Å². The molecule has 1 fully saturated rings. The summed E-state index contributed by atoms with van der Waals surface area (Å²) >= 11 is 0. The zero-order chi connectivity index (χ0) is 21.5. The number of carbonyl (C=O) groups excluding carboxylic acids is 1. The third-order valence-corrected chi connectivity index (χ3v) is 5.37. The molecule has 2 aromatic rings. The van der Waals surface area contributed by atoms with Crippen LogP contribution in [-0.2, 0) is 11.3 Å². The Morgan fingerprint density at radius 2 is 2.10 bits per heavy atom. The van der Waals surface area contributed by atoms with Gasteiger partial charge in [-0.05, 0) is 49.9 Å². The van der Waals surface area contributed by atoms with Crippen molar-refractivity contribution >= 4 is 5.91 Å². The van der Waals surface area contributed by atoms with Crippen LogP contribution in [0.5, 0.6) is 11.5 Å². The van der Waals surface area contributed by atoms with E-state index in [4.69, 9.17) is 14.0 Å². The normalized spacial score (nSPS) is 17.2. The molecule has 0 aliphatic carbocycles. The number of carbonyl (C=O) groups is 1. The summed E-state index contributed by atoms with van der Waals surface area (Å²) in [7, 11) is 3.19. The molecule has 1 atom stereocenters. The maximum atomic E-state index is 12.5. The van der Waals surface area contributed by atoms with E-state index in [1.807, 2.05) is 18.2 Å². The molecule has 1 N–H and O–H groups in total. The Bertz CT molecular complexity index is 836. The van der Waals surface area contributed by atoms with Gasteiger partial charge in [-0.3, -0.25) is 9.69 Å². The van der Waals surface area contributed by atoms with E-state index in [1.165, 1.54) is 0 Å². The molecule has 0 radical (unpaired) electrons. The molecular weight excluding hydrogens is 384 g/mol. The second-order valence-electron chi connectivity index (χ2n) is 8.13. The third-order valence-electron chi connectivity index (χ3n) is 5.37. The van der Waals surface area contributed by atoms with Gasteiger partial charge in [-0.15, -0.1) is 0 Å². The van der Waals surface area contributed by atoms with Gasteiger partial charge in [-0.25, -0.2) is 0 Å². The Labute approximate surface area is 177 Å². The molecule has 1 amide bonds. The Morgan fingerprint density at radius 3 is 2.83 bits per heavy atom. The average molecular weight is 417 g/mol. The molecule has 1 aliphatic rings. The van der Waals surface area contributed by atoms with Gasteiger partial charge in [0.05, 0.1) is 26.7 Å². The summed E-state index contributed by atoms with van der Waals surface area (Å²) in [5, 5.41) is 7.18. The fourth-order valence-electron chi connectivity index (χ4n) is 3.64. The van der Waals surface area contributed by atoms with Crippen molar-refractivity contribution < 1.29 is 18.8 Å². The van der Waals surface area contributed by atoms with Crippen LogP contribution in [-0.4, -0.2) is 54.8 Å². The van der Waals surface area contributed by atoms with Crippen LogP contribution in [0.4, 0.5) is 0 Å². The van der Waals surface area contributed by atoms with E-state index < -0.39 is 0 Å². The highest BCUT2D eigenvalue weighted by atomic mass is 16.5. The zero-order valence-electron chi connectivity index (χ0n) is 18.3. The number of piperidine rings is 1. The van der Waals surface area contributed by atoms with Crippen molar-refractivity contribution in [1.29, 1.82) is 0 Å². The number of rotatable bonds is 9. The standard InChI is InChI=1S/C22H32N4O4/c1-15(2)9-10-23-22(27)17-6-5-11-26(13-17)14-20-24-21(25-30-20)16-7-8-18(28-3)19(12-16)29-4/h7-8,12,15,17H,5-6,9-11,13-14H2,1-4H3,(H,23,27)/t17-/m0/s1. The summed E-state index contributed by atoms with van der Waals surface area (Å²) < 4.78 is 16.1. The number of nitrogens with zero attached hydrogens (tertiary/aromatic N) is 3. The van der Waals surface area contributed by atoms with Crippen LogP contribution in [0.15, 0.2) is 22.7 Å². The molecule has 3 rings (SSSR count). The van der Waals surface area contributed by atoms with E-state index >= 15 is 0 Å². The first kappa shape index (κ1) is 22.1. The van der Waals surface area contributed by atoms with Gasteiger partial charge in [0, 0.05) is 18.7 Å². The average Bonchev–Trinajstić information content (AvgIpc) is 3.21. The van der Waals surface area contributed by atoms with Gasteiger partial charge in [-0.1, -0.05) is 19.0 Å². The van der Waals surface area contributed by atoms with Gasteiger partial charge in [0.1, 0.15) is 0 Å². The molecule has 0 spiro atoms. The van der Waals surface area contributed by atoms with E-state index in [1.54, 1.807) is 14.2 Å². The van der Waals surface area contributed by atoms with Gasteiger partial charge in [0.15, 0.2) is 11.5 Å². The lowest BCUT2D eigenvalue weighted by Gasteiger charge is -2.30. The molecular formula is C22H32N4O4. The van der Waals surface area contributed by atoms with Crippen LogP contribution in [0, 0.1) is 11.8 Å². The van der Waals surface area contributed by atoms with E-state index in [0.29, 0.717) is 42.2 Å². The summed E-state index contributed by atoms with van der Waals surface area (Å²) in [6, 6.07) is 5.51. The van der Waals surface area contributed by atoms with Crippen molar-refractivity contribution in [3.63, 3.8) is 0 Å². The van der Waals surface area contributed by atoms with Gasteiger partial charge in [0.2, 0.25) is 17.6 Å². The first-order chi connectivity index (χ1) is 14.5. The number of methoxy groups -OCH3 is 2. The van der Waals surface area contributed by atoms with Gasteiger partial charge >= 0.3 is 0 Å². The molecule has 1 aromatic heterocycles. The molecule has 8 heteroatoms. The van der Waals surface area contributed by atoms with E-state index in [-0.39, 0.29) is 11.8 Å². The summed E-state index contributed by atoms with van der Waals surface area (Å²) in [5.74, 6) is 3.06. The van der Waals surface area contributed by atoms with Crippen molar-refractivity contribution in [3.05, 3.63) is 24.1 Å². The first-order valence-corrected chi connectivity index (χ1v) is 10.5. The first-order valence-electron chi connectivity index (χ1n) is 10.5. The molecule has 30 heavy (non-hydrogen) atoms. The monoisotopic (exact) mass is 416 g/mol. The minimum absolute atomic E-state index is 0.0131. The molecule has 1 aromatic carbocycles. The maximum absolute atomic E-state index is 12.5. The second-order valence-corrected chi connectivity index (χ2v) is 8.13. The summed E-state index contributed by atoms with van der Waals surface area (Å²) in [4.78, 5) is 19.2. The molecule has 2 heterocycles. The Morgan fingerprint density at radius 1 is 1.30 bits per heavy atom. The quantitative estimate of drug-likeness (QED) is 0.672. The SMILES string of the molecule is COc1ccc(-c2noc(CN3CCC[C@H](C(=O)NCCC(C)C)C3)n2)cc1OC. The smallest absolute Gasteiger partial charge is 0.241 e. The zero-order valence-corrected chi connectivity index (χ0v) is 18.3. The molecule has 0 unspecified atom stereocenters. The number of likely N-dealkylation sites (tertiary alicyclic amines) is 1. The lowest BCUT2D eigenvalue weighted by molar-refractivity contribution is -0.126. The molecule has 0 bridgehead atoms. The van der Waals surface area contributed by atoms with Crippen molar-refractivity contribution in [3.8, 4) is 22.9 Å². The van der Waals surface area contributed by atoms with Gasteiger partial charge in [0.25, 0.3) is 0 Å². The van der Waals surface area contributed by atoms with E-state index in [0.717, 1.165) is 37.9 Å². The lowest BCUT2D eigenvalue weighted by Crippen LogP contribution is -2.43. The number of amides is 1. The number of ether oxygens (including phenoxy) is 2. The fourth-order valence-corrected chi connectivity index (χ4v) is 3.64. The molecule has 1 aliphatic heterocycles. The Kier molecular flexibility index (Phi) is 7.68. The Balaban J connectivity index is 1.58. The maximum Gasteiger partial charge on any atom is 0.241 e. The number of nitrogens with one attached hydrogen (secondary N) is 1. The highest BCUT2D eigenvalue weighted by Gasteiger charge is 2.26. The minimum Gasteiger partial charge on any atom is -0.493 e. The second kappa shape index (κ2) is 10.4. The number of aromatic nitrogens is 2. The highest BCUT2D eigenvalue weighted by molar-refractivity contribution is 5.78. The molecule has 8 nitrogen and oxygen atoms in total. The largest absolute Gasteiger partial charge is 0.493 e. The predicted octanol–water partition coefficient (Wildman–Crippen LogP) is 3.13. The van der Waals surface area contributed by atoms with Crippen LogP contribution < -0.4 is 14.8 Å². The topological polar surface area (TPSA) is 89.7 Å². The van der Waals surface area contributed by atoms with Crippen molar-refractivity contribution in [1.82, 2.24) is 20.4 Å². The fraction of sp³-hybridized carbons (Fsp3) is 0.591. The minimum atomic E-state index is 0.0131. The van der Waals surface area contributed by atoms with Gasteiger partial charge in [-0.2, -0.15) is 4.98 Å². The summed E-state index contributed by atoms with van der Waals surface area (Å²) in [5.41, 5.74) is 0.795. The van der Waals surface area contributed by atoms with Crippen molar-refractivity contribution in [2.45, 2.75) is 39.7 Å². The van der Waals surface area contributed by atoms with E-state index in [9.17, 15) is 4.79 Å². The van der Waals surface area contributed by atoms with E-state index in [2.05, 4.69) is 34.2 Å². The van der Waals surface area contributed by atoms with Crippen LogP contribution in [0.2, 0.25) is 0 Å². The van der Waals surface area contributed by atoms with Gasteiger partial charge < -0.3 is 19.3 Å². The molecule has 164 valence electrons. The highest BCUT2D eigenvalue weighted by Crippen LogP contribution is 2.31. The number of hydrogen-bond acceptors (Lipinski definition) is 7. The number of hydrogen-bond donors (Lipinski definition) is 1. The third kappa shape index (κ3) is 5.72. The lowest BCUT2D eigenvalue weighted by atomic mass is 9.97. The molecule has 0 saturated carbocycles. The molecule has 1 saturated heterocycles. The predicted molar refractivity (Wildman–Crippen MR) is 113 cm³/mol. The summed E-state index contributed by atoms with van der Waals surface area (Å²) in [6.45, 7) is 7.23. The van der Waals surface area contributed by atoms with Crippen LogP contribution in [0.1, 0.15) is 39.0 Å². The van der Waals surface area contributed by atoms with Crippen molar-refractivity contribution in [2.75, 3.05) is 33.9 Å². The number of benzene rings is 1. The van der Waals surface area contributed by atoms with Crippen LogP contribution in [0.25, 0.3) is 11.4 Å². The summed E-state index contributed by atoms with van der Waals surface area (Å²) in [6.07, 6.45) is 2.91. The van der Waals surface area contributed by atoms with Crippen molar-refractivity contribution in [2.24, 2.45) is 11.8 Å². The Hall–Kier alpha value is -2.61.